The van der Waals surface area contributed by atoms with E-state index in [-0.39, 0.29) is 12.6 Å². The second kappa shape index (κ2) is 10.5. The third-order valence-electron chi connectivity index (χ3n) is 2.47. The average molecular weight is 385 g/mol. The molecule has 1 atom stereocenters. The zero-order chi connectivity index (χ0) is 21.3. The molecule has 0 bridgehead atoms. The van der Waals surface area contributed by atoms with E-state index in [4.69, 9.17) is 14.2 Å². The summed E-state index contributed by atoms with van der Waals surface area (Å²) >= 11 is 0. The van der Waals surface area contributed by atoms with Crippen LogP contribution in [-0.4, -0.2) is 48.0 Å². The van der Waals surface area contributed by atoms with Gasteiger partial charge in [-0.05, 0) is 54.9 Å². The van der Waals surface area contributed by atoms with Crippen molar-refractivity contribution in [2.75, 3.05) is 6.61 Å². The Kier molecular flexibility index (Phi) is 9.53. The second-order valence-corrected chi connectivity index (χ2v) is 7.65. The summed E-state index contributed by atoms with van der Waals surface area (Å²) in [5.74, 6) is -0.905. The summed E-state index contributed by atoms with van der Waals surface area (Å²) in [6.07, 6.45) is 0.427. The summed E-state index contributed by atoms with van der Waals surface area (Å²) in [5.41, 5.74) is -1.51. The Bertz CT molecular complexity index is 541. The van der Waals surface area contributed by atoms with Gasteiger partial charge < -0.3 is 14.2 Å². The molecule has 0 saturated heterocycles. The lowest BCUT2D eigenvalue weighted by atomic mass is 10.2. The predicted octanol–water partition coefficient (Wildman–Crippen LogP) is 2.90. The maximum absolute atomic E-state index is 12.0. The van der Waals surface area contributed by atoms with E-state index >= 15 is 0 Å². The fourth-order valence-electron chi connectivity index (χ4n) is 1.51. The number of hydrogen-bond acceptors (Lipinski definition) is 7. The van der Waals surface area contributed by atoms with Gasteiger partial charge in [-0.15, -0.1) is 6.58 Å². The average Bonchev–Trinajstić information content (AvgIpc) is 2.42. The Morgan fingerprint density at radius 3 is 1.81 bits per heavy atom. The van der Waals surface area contributed by atoms with Gasteiger partial charge in [-0.3, -0.25) is 10.6 Å². The molecule has 9 heteroatoms. The van der Waals surface area contributed by atoms with Crippen molar-refractivity contribution in [1.82, 2.24) is 10.6 Å². The molecule has 0 saturated carbocycles. The molecule has 0 fully saturated rings. The molecule has 154 valence electrons. The Labute approximate surface area is 160 Å². The molecule has 1 unspecified atom stereocenters. The number of guanidine groups is 1. The Morgan fingerprint density at radius 1 is 1.00 bits per heavy atom. The van der Waals surface area contributed by atoms with E-state index in [1.54, 1.807) is 47.6 Å². The lowest BCUT2D eigenvalue weighted by Gasteiger charge is -2.22. The van der Waals surface area contributed by atoms with Crippen LogP contribution < -0.4 is 10.6 Å². The minimum Gasteiger partial charge on any atom is -0.464 e. The molecule has 0 aromatic heterocycles. The van der Waals surface area contributed by atoms with Gasteiger partial charge in [0, 0.05) is 0 Å². The van der Waals surface area contributed by atoms with Gasteiger partial charge in [-0.25, -0.2) is 19.4 Å². The molecule has 9 nitrogen and oxygen atoms in total. The van der Waals surface area contributed by atoms with E-state index in [2.05, 4.69) is 22.2 Å². The third kappa shape index (κ3) is 13.3. The number of aliphatic imine (C=N–C) groups is 1. The van der Waals surface area contributed by atoms with Crippen molar-refractivity contribution in [2.45, 2.75) is 72.1 Å². The van der Waals surface area contributed by atoms with Crippen molar-refractivity contribution in [3.63, 3.8) is 0 Å². The summed E-state index contributed by atoms with van der Waals surface area (Å²) in [6.45, 7) is 15.3. The van der Waals surface area contributed by atoms with Crippen LogP contribution in [-0.2, 0) is 19.0 Å². The molecule has 2 amide bonds. The number of hydrogen-bond donors (Lipinski definition) is 2. The van der Waals surface area contributed by atoms with Crippen LogP contribution in [0, 0.1) is 0 Å². The maximum Gasteiger partial charge on any atom is 0.414 e. The monoisotopic (exact) mass is 385 g/mol. The number of carbonyl (C=O) groups excluding carboxylic acids is 3. The minimum absolute atomic E-state index is 0.163. The number of rotatable bonds is 5. The molecule has 2 N–H and O–H groups in total. The first-order chi connectivity index (χ1) is 12.2. The van der Waals surface area contributed by atoms with Gasteiger partial charge in [0.25, 0.3) is 0 Å². The van der Waals surface area contributed by atoms with Crippen LogP contribution in [0.2, 0.25) is 0 Å². The highest BCUT2D eigenvalue weighted by Gasteiger charge is 2.23. The Morgan fingerprint density at radius 2 is 1.44 bits per heavy atom. The van der Waals surface area contributed by atoms with Gasteiger partial charge in [0.05, 0.1) is 6.61 Å². The minimum atomic E-state index is -0.977. The van der Waals surface area contributed by atoms with Gasteiger partial charge >= 0.3 is 18.2 Å². The molecular weight excluding hydrogens is 354 g/mol. The number of carbonyl (C=O) groups is 3. The number of esters is 1. The second-order valence-electron chi connectivity index (χ2n) is 7.65. The van der Waals surface area contributed by atoms with Crippen LogP contribution >= 0.6 is 0 Å². The quantitative estimate of drug-likeness (QED) is 0.188. The molecule has 0 aliphatic rings. The van der Waals surface area contributed by atoms with Crippen molar-refractivity contribution >= 4 is 24.1 Å². The van der Waals surface area contributed by atoms with E-state index in [0.717, 1.165) is 0 Å². The Balaban J connectivity index is 5.19. The molecule has 0 aromatic rings. The van der Waals surface area contributed by atoms with Crippen LogP contribution in [0.15, 0.2) is 17.6 Å². The van der Waals surface area contributed by atoms with Gasteiger partial charge in [0.15, 0.2) is 0 Å². The molecular formula is C18H31N3O6. The van der Waals surface area contributed by atoms with Crippen LogP contribution in [0.1, 0.15) is 54.9 Å². The summed E-state index contributed by atoms with van der Waals surface area (Å²) in [7, 11) is 0. The third-order valence-corrected chi connectivity index (χ3v) is 2.47. The predicted molar refractivity (Wildman–Crippen MR) is 101 cm³/mol. The number of nitrogens with zero attached hydrogens (tertiary/aromatic N) is 1. The van der Waals surface area contributed by atoms with Crippen molar-refractivity contribution in [3.8, 4) is 0 Å². The van der Waals surface area contributed by atoms with Crippen LogP contribution in [0.3, 0.4) is 0 Å². The van der Waals surface area contributed by atoms with Gasteiger partial charge in [0.2, 0.25) is 5.96 Å². The number of amides is 2. The molecule has 0 spiro atoms. The van der Waals surface area contributed by atoms with E-state index < -0.39 is 35.4 Å². The number of nitrogens with one attached hydrogen (secondary N) is 2. The standard InChI is InChI=1S/C18H31N3O6/c1-9-10-11-25-13(22)12(2)19-14(20-15(23)26-17(3,4)5)21-16(24)27-18(6,7)8/h9,12H,1,10-11H2,2-8H3,(H2,19,20,21,23,24). The highest BCUT2D eigenvalue weighted by Crippen LogP contribution is 2.08. The van der Waals surface area contributed by atoms with Crippen LogP contribution in [0.5, 0.6) is 0 Å². The normalized spacial score (nSPS) is 12.3. The van der Waals surface area contributed by atoms with E-state index in [9.17, 15) is 14.4 Å². The fraction of sp³-hybridized carbons (Fsp3) is 0.667. The molecule has 0 aliphatic heterocycles. The molecule has 27 heavy (non-hydrogen) atoms. The fourth-order valence-corrected chi connectivity index (χ4v) is 1.51. The van der Waals surface area contributed by atoms with E-state index in [1.807, 2.05) is 0 Å². The zero-order valence-electron chi connectivity index (χ0n) is 17.2. The van der Waals surface area contributed by atoms with Crippen molar-refractivity contribution in [1.29, 1.82) is 0 Å². The SMILES string of the molecule is C=CCCOC(=O)C(C)N=C(NC(=O)OC(C)(C)C)NC(=O)OC(C)(C)C. The molecule has 0 aliphatic carbocycles. The van der Waals surface area contributed by atoms with Gasteiger partial charge in [-0.2, -0.15) is 0 Å². The topological polar surface area (TPSA) is 115 Å². The molecule has 0 aromatic carbocycles. The van der Waals surface area contributed by atoms with E-state index in [1.165, 1.54) is 6.92 Å². The summed E-state index contributed by atoms with van der Waals surface area (Å²) in [6, 6.07) is -0.977. The highest BCUT2D eigenvalue weighted by molar-refractivity contribution is 6.02. The lowest BCUT2D eigenvalue weighted by Crippen LogP contribution is -2.48. The highest BCUT2D eigenvalue weighted by atomic mass is 16.6. The van der Waals surface area contributed by atoms with Crippen LogP contribution in [0.25, 0.3) is 0 Å². The van der Waals surface area contributed by atoms with Crippen molar-refractivity contribution in [2.24, 2.45) is 4.99 Å². The van der Waals surface area contributed by atoms with Gasteiger partial charge in [0.1, 0.15) is 17.2 Å². The maximum atomic E-state index is 12.0. The summed E-state index contributed by atoms with van der Waals surface area (Å²) in [5, 5.41) is 4.59. The van der Waals surface area contributed by atoms with Crippen molar-refractivity contribution in [3.05, 3.63) is 12.7 Å². The molecule has 0 rings (SSSR count). The van der Waals surface area contributed by atoms with Crippen molar-refractivity contribution < 1.29 is 28.6 Å². The zero-order valence-corrected chi connectivity index (χ0v) is 17.2. The van der Waals surface area contributed by atoms with Gasteiger partial charge in [-0.1, -0.05) is 6.08 Å². The largest absolute Gasteiger partial charge is 0.464 e. The van der Waals surface area contributed by atoms with E-state index in [0.29, 0.717) is 6.42 Å². The molecule has 0 heterocycles. The lowest BCUT2D eigenvalue weighted by molar-refractivity contribution is -0.144. The summed E-state index contributed by atoms with van der Waals surface area (Å²) in [4.78, 5) is 39.8. The molecule has 0 radical (unpaired) electrons. The summed E-state index contributed by atoms with van der Waals surface area (Å²) < 4.78 is 15.3. The number of alkyl carbamates (subject to hydrolysis) is 2. The smallest absolute Gasteiger partial charge is 0.414 e. The number of ether oxygens (including phenoxy) is 3. The first-order valence-electron chi connectivity index (χ1n) is 8.59. The first kappa shape index (κ1) is 24.4. The van der Waals surface area contributed by atoms with Crippen LogP contribution in [0.4, 0.5) is 9.59 Å². The first-order valence-corrected chi connectivity index (χ1v) is 8.59. The Hall–Kier alpha value is -2.58.